The van der Waals surface area contributed by atoms with Gasteiger partial charge in [0.1, 0.15) is 11.4 Å². The Kier molecular flexibility index (Phi) is 8.26. The molecule has 3 fully saturated rings. The molecule has 39 heavy (non-hydrogen) atoms. The highest BCUT2D eigenvalue weighted by Crippen LogP contribution is 2.33. The third-order valence-electron chi connectivity index (χ3n) is 8.37. The Bertz CT molecular complexity index is 1140. The van der Waals surface area contributed by atoms with E-state index in [0.29, 0.717) is 49.6 Å². The van der Waals surface area contributed by atoms with E-state index in [9.17, 15) is 14.0 Å². The molecule has 1 N–H and O–H groups in total. The van der Waals surface area contributed by atoms with Crippen molar-refractivity contribution >= 4 is 12.0 Å². The second-order valence-electron chi connectivity index (χ2n) is 12.4. The summed E-state index contributed by atoms with van der Waals surface area (Å²) in [6.07, 6.45) is 9.08. The SMILES string of the molecule is CC(C)(C)OC(=O)N1CCC(c2c(C(=O)NC[C@@H]3CCN(C4CCCC4)C3)cnn2-c2ccc(F)cc2)CC1. The van der Waals surface area contributed by atoms with Crippen LogP contribution in [0.2, 0.25) is 0 Å². The van der Waals surface area contributed by atoms with Crippen LogP contribution in [0.3, 0.4) is 0 Å². The first-order chi connectivity index (χ1) is 18.7. The van der Waals surface area contributed by atoms with Crippen molar-refractivity contribution < 1.29 is 18.7 Å². The number of carbonyl (C=O) groups is 2. The minimum atomic E-state index is -0.548. The van der Waals surface area contributed by atoms with Gasteiger partial charge in [-0.15, -0.1) is 0 Å². The standard InChI is InChI=1S/C30H42FN5O3/c1-30(2,3)39-29(38)34-16-13-22(14-17-34)27-26(19-33-36(27)25-10-8-23(31)9-11-25)28(37)32-18-21-12-15-35(20-21)24-6-4-5-7-24/h8-11,19,21-22,24H,4-7,12-18,20H2,1-3H3,(H,32,37)/t21-/m0/s1. The van der Waals surface area contributed by atoms with E-state index in [4.69, 9.17) is 4.74 Å². The van der Waals surface area contributed by atoms with Crippen LogP contribution in [0.25, 0.3) is 5.69 Å². The zero-order chi connectivity index (χ0) is 27.6. The van der Waals surface area contributed by atoms with E-state index < -0.39 is 5.60 Å². The molecular formula is C30H42FN5O3. The van der Waals surface area contributed by atoms with E-state index >= 15 is 0 Å². The van der Waals surface area contributed by atoms with Gasteiger partial charge in [0.2, 0.25) is 0 Å². The van der Waals surface area contributed by atoms with Crippen LogP contribution in [0.4, 0.5) is 9.18 Å². The van der Waals surface area contributed by atoms with Gasteiger partial charge in [-0.3, -0.25) is 4.79 Å². The summed E-state index contributed by atoms with van der Waals surface area (Å²) in [5.74, 6) is 0.0510. The maximum atomic E-state index is 13.7. The van der Waals surface area contributed by atoms with Gasteiger partial charge in [-0.05, 0) is 89.6 Å². The predicted molar refractivity (Wildman–Crippen MR) is 148 cm³/mol. The van der Waals surface area contributed by atoms with Crippen molar-refractivity contribution in [3.8, 4) is 5.69 Å². The molecule has 3 heterocycles. The second kappa shape index (κ2) is 11.7. The number of benzene rings is 1. The van der Waals surface area contributed by atoms with Gasteiger partial charge >= 0.3 is 6.09 Å². The van der Waals surface area contributed by atoms with Crippen LogP contribution in [0, 0.1) is 11.7 Å². The molecule has 2 amide bonds. The molecule has 8 nitrogen and oxygen atoms in total. The number of rotatable bonds is 6. The monoisotopic (exact) mass is 539 g/mol. The minimum absolute atomic E-state index is 0.0290. The molecule has 0 spiro atoms. The number of piperidine rings is 1. The number of hydrogen-bond donors (Lipinski definition) is 1. The molecule has 212 valence electrons. The summed E-state index contributed by atoms with van der Waals surface area (Å²) in [6, 6.07) is 6.89. The highest BCUT2D eigenvalue weighted by Gasteiger charge is 2.33. The fraction of sp³-hybridized carbons (Fsp3) is 0.633. The van der Waals surface area contributed by atoms with Crippen molar-refractivity contribution in [2.45, 2.75) is 83.3 Å². The third-order valence-corrected chi connectivity index (χ3v) is 8.37. The van der Waals surface area contributed by atoms with Crippen molar-refractivity contribution in [1.29, 1.82) is 0 Å². The summed E-state index contributed by atoms with van der Waals surface area (Å²) in [4.78, 5) is 30.5. The van der Waals surface area contributed by atoms with Gasteiger partial charge in [0.15, 0.2) is 0 Å². The van der Waals surface area contributed by atoms with Gasteiger partial charge in [-0.2, -0.15) is 5.10 Å². The zero-order valence-electron chi connectivity index (χ0n) is 23.5. The summed E-state index contributed by atoms with van der Waals surface area (Å²) >= 11 is 0. The average molecular weight is 540 g/mol. The molecule has 0 bridgehead atoms. The Hall–Kier alpha value is -2.94. The smallest absolute Gasteiger partial charge is 0.410 e. The van der Waals surface area contributed by atoms with Crippen molar-refractivity contribution in [3.05, 3.63) is 47.5 Å². The van der Waals surface area contributed by atoms with Gasteiger partial charge < -0.3 is 19.9 Å². The molecule has 9 heteroatoms. The van der Waals surface area contributed by atoms with Gasteiger partial charge in [0, 0.05) is 38.1 Å². The van der Waals surface area contributed by atoms with E-state index in [1.807, 2.05) is 20.8 Å². The lowest BCUT2D eigenvalue weighted by Crippen LogP contribution is -2.41. The first-order valence-corrected chi connectivity index (χ1v) is 14.5. The Morgan fingerprint density at radius 3 is 2.38 bits per heavy atom. The maximum Gasteiger partial charge on any atom is 0.410 e. The van der Waals surface area contributed by atoms with Crippen LogP contribution in [-0.4, -0.2) is 75.9 Å². The maximum absolute atomic E-state index is 13.7. The largest absolute Gasteiger partial charge is 0.444 e. The Morgan fingerprint density at radius 2 is 1.72 bits per heavy atom. The van der Waals surface area contributed by atoms with Crippen LogP contribution in [0.5, 0.6) is 0 Å². The van der Waals surface area contributed by atoms with Gasteiger partial charge in [-0.25, -0.2) is 13.9 Å². The Morgan fingerprint density at radius 1 is 1.03 bits per heavy atom. The number of aromatic nitrogens is 2. The lowest BCUT2D eigenvalue weighted by molar-refractivity contribution is 0.0203. The molecule has 1 atom stereocenters. The van der Waals surface area contributed by atoms with Crippen LogP contribution < -0.4 is 5.32 Å². The van der Waals surface area contributed by atoms with Crippen LogP contribution in [0.1, 0.15) is 87.7 Å². The number of nitrogens with zero attached hydrogens (tertiary/aromatic N) is 4. The van der Waals surface area contributed by atoms with E-state index in [1.54, 1.807) is 27.9 Å². The molecule has 0 unspecified atom stereocenters. The number of carbonyl (C=O) groups excluding carboxylic acids is 2. The van der Waals surface area contributed by atoms with E-state index in [0.717, 1.165) is 31.2 Å². The number of ether oxygens (including phenoxy) is 1. The van der Waals surface area contributed by atoms with Crippen LogP contribution in [0.15, 0.2) is 30.5 Å². The molecule has 1 aromatic carbocycles. The predicted octanol–water partition coefficient (Wildman–Crippen LogP) is 5.12. The molecule has 3 aliphatic rings. The lowest BCUT2D eigenvalue weighted by Gasteiger charge is -2.34. The van der Waals surface area contributed by atoms with Gasteiger partial charge in [0.05, 0.1) is 23.1 Å². The summed E-state index contributed by atoms with van der Waals surface area (Å²) in [5, 5.41) is 7.77. The number of likely N-dealkylation sites (tertiary alicyclic amines) is 2. The number of amides is 2. The highest BCUT2D eigenvalue weighted by atomic mass is 19.1. The molecule has 1 aromatic heterocycles. The zero-order valence-corrected chi connectivity index (χ0v) is 23.5. The van der Waals surface area contributed by atoms with E-state index in [-0.39, 0.29) is 23.7 Å². The number of nitrogens with one attached hydrogen (secondary N) is 1. The summed E-state index contributed by atoms with van der Waals surface area (Å²) in [5.41, 5.74) is 1.54. The van der Waals surface area contributed by atoms with Crippen molar-refractivity contribution in [2.24, 2.45) is 5.92 Å². The highest BCUT2D eigenvalue weighted by molar-refractivity contribution is 5.95. The molecule has 1 saturated carbocycles. The molecule has 0 radical (unpaired) electrons. The molecule has 2 saturated heterocycles. The quantitative estimate of drug-likeness (QED) is 0.551. The van der Waals surface area contributed by atoms with Gasteiger partial charge in [0.25, 0.3) is 5.91 Å². The second-order valence-corrected chi connectivity index (χ2v) is 12.4. The first-order valence-electron chi connectivity index (χ1n) is 14.5. The Balaban J connectivity index is 1.28. The van der Waals surface area contributed by atoms with Crippen LogP contribution >= 0.6 is 0 Å². The lowest BCUT2D eigenvalue weighted by atomic mass is 9.90. The summed E-state index contributed by atoms with van der Waals surface area (Å²) < 4.78 is 21.0. The first kappa shape index (κ1) is 27.6. The summed E-state index contributed by atoms with van der Waals surface area (Å²) in [7, 11) is 0. The number of hydrogen-bond acceptors (Lipinski definition) is 5. The molecular weight excluding hydrogens is 497 g/mol. The molecule has 2 aromatic rings. The van der Waals surface area contributed by atoms with Crippen molar-refractivity contribution in [1.82, 2.24) is 24.9 Å². The third kappa shape index (κ3) is 6.62. The fourth-order valence-corrected chi connectivity index (χ4v) is 6.34. The molecule has 2 aliphatic heterocycles. The number of halogens is 1. The molecule has 1 aliphatic carbocycles. The molecule has 5 rings (SSSR count). The summed E-state index contributed by atoms with van der Waals surface area (Å²) in [6.45, 7) is 9.48. The van der Waals surface area contributed by atoms with Gasteiger partial charge in [-0.1, -0.05) is 12.8 Å². The normalized spacial score (nSPS) is 21.4. The fourth-order valence-electron chi connectivity index (χ4n) is 6.34. The van der Waals surface area contributed by atoms with Crippen molar-refractivity contribution in [3.63, 3.8) is 0 Å². The van der Waals surface area contributed by atoms with Crippen molar-refractivity contribution in [2.75, 3.05) is 32.7 Å². The van der Waals surface area contributed by atoms with E-state index in [2.05, 4.69) is 15.3 Å². The van der Waals surface area contributed by atoms with E-state index in [1.165, 1.54) is 37.8 Å². The average Bonchev–Trinajstić information content (AvgIpc) is 3.68. The minimum Gasteiger partial charge on any atom is -0.444 e. The Labute approximate surface area is 230 Å². The van der Waals surface area contributed by atoms with Crippen LogP contribution in [-0.2, 0) is 4.74 Å². The topological polar surface area (TPSA) is 79.7 Å².